The Morgan fingerprint density at radius 2 is 2.05 bits per heavy atom. The molecule has 0 aliphatic rings. The first-order valence-electron chi connectivity index (χ1n) is 5.19. The van der Waals surface area contributed by atoms with Crippen LogP contribution in [0.25, 0.3) is 0 Å². The molecule has 98 valence electrons. The molecule has 1 heterocycles. The number of hydrogen-bond donors (Lipinski definition) is 0. The summed E-state index contributed by atoms with van der Waals surface area (Å²) in [6.45, 7) is 0. The number of anilines is 1. The summed E-state index contributed by atoms with van der Waals surface area (Å²) in [4.78, 5) is 0. The lowest BCUT2D eigenvalue weighted by Gasteiger charge is -2.18. The molecule has 0 spiro atoms. The van der Waals surface area contributed by atoms with Crippen LogP contribution in [0.1, 0.15) is 5.56 Å². The third kappa shape index (κ3) is 2.81. The van der Waals surface area contributed by atoms with E-state index in [0.29, 0.717) is 11.3 Å². The van der Waals surface area contributed by atoms with Gasteiger partial charge in [0.2, 0.25) is 0 Å². The molecule has 1 aromatic heterocycles. The number of benzene rings is 1. The van der Waals surface area contributed by atoms with Crippen LogP contribution in [0.5, 0.6) is 0 Å². The van der Waals surface area contributed by atoms with Crippen molar-refractivity contribution in [3.8, 4) is 6.07 Å². The molecule has 2 aromatic rings. The molecule has 0 saturated carbocycles. The van der Waals surface area contributed by atoms with E-state index in [1.54, 1.807) is 36.4 Å². The summed E-state index contributed by atoms with van der Waals surface area (Å²) in [5.74, 6) is 0. The quantitative estimate of drug-likeness (QED) is 0.848. The Labute approximate surface area is 124 Å². The molecule has 1 aromatic carbocycles. The molecule has 0 N–H and O–H groups in total. The Bertz CT molecular complexity index is 747. The van der Waals surface area contributed by atoms with Crippen molar-refractivity contribution in [1.82, 2.24) is 0 Å². The van der Waals surface area contributed by atoms with Crippen LogP contribution in [0.2, 0.25) is 0 Å². The highest BCUT2D eigenvalue weighted by molar-refractivity contribution is 9.11. The van der Waals surface area contributed by atoms with Gasteiger partial charge in [0.05, 0.1) is 21.1 Å². The van der Waals surface area contributed by atoms with Gasteiger partial charge in [0.15, 0.2) is 0 Å². The van der Waals surface area contributed by atoms with Gasteiger partial charge in [-0.15, -0.1) is 11.3 Å². The number of halogens is 1. The molecule has 0 fully saturated rings. The molecule has 2 rings (SSSR count). The normalized spacial score (nSPS) is 11.0. The van der Waals surface area contributed by atoms with Gasteiger partial charge in [0.1, 0.15) is 4.21 Å². The van der Waals surface area contributed by atoms with E-state index in [1.165, 1.54) is 11.4 Å². The average molecular weight is 357 g/mol. The summed E-state index contributed by atoms with van der Waals surface area (Å²) in [5.41, 5.74) is 0.885. The lowest BCUT2D eigenvalue weighted by atomic mass is 10.2. The van der Waals surface area contributed by atoms with Crippen LogP contribution in [-0.2, 0) is 10.0 Å². The molecule has 0 atom stereocenters. The van der Waals surface area contributed by atoms with Crippen molar-refractivity contribution in [1.29, 1.82) is 5.26 Å². The van der Waals surface area contributed by atoms with E-state index in [2.05, 4.69) is 15.9 Å². The summed E-state index contributed by atoms with van der Waals surface area (Å²) in [6.07, 6.45) is 0. The fraction of sp³-hybridized carbons (Fsp3) is 0.0833. The highest BCUT2D eigenvalue weighted by atomic mass is 79.9. The molecule has 0 aliphatic carbocycles. The molecule has 19 heavy (non-hydrogen) atoms. The zero-order valence-corrected chi connectivity index (χ0v) is 13.1. The van der Waals surface area contributed by atoms with Gasteiger partial charge in [-0.25, -0.2) is 8.42 Å². The average Bonchev–Trinajstić information content (AvgIpc) is 2.85. The van der Waals surface area contributed by atoms with Crippen molar-refractivity contribution < 1.29 is 8.42 Å². The van der Waals surface area contributed by atoms with Crippen molar-refractivity contribution >= 4 is 43.0 Å². The number of nitriles is 1. The number of rotatable bonds is 3. The van der Waals surface area contributed by atoms with Crippen LogP contribution in [0.4, 0.5) is 5.69 Å². The van der Waals surface area contributed by atoms with Gasteiger partial charge in [-0.1, -0.05) is 6.07 Å². The molecule has 7 heteroatoms. The van der Waals surface area contributed by atoms with Crippen molar-refractivity contribution in [2.45, 2.75) is 4.21 Å². The number of thiophene rings is 1. The third-order valence-electron chi connectivity index (χ3n) is 2.50. The fourth-order valence-corrected chi connectivity index (χ4v) is 4.85. The maximum absolute atomic E-state index is 12.4. The molecule has 0 amide bonds. The van der Waals surface area contributed by atoms with Crippen LogP contribution in [-0.4, -0.2) is 15.5 Å². The van der Waals surface area contributed by atoms with Gasteiger partial charge in [-0.3, -0.25) is 4.31 Å². The Balaban J connectivity index is 2.43. The summed E-state index contributed by atoms with van der Waals surface area (Å²) >= 11 is 4.39. The third-order valence-corrected chi connectivity index (χ3v) is 6.38. The molecule has 0 bridgehead atoms. The minimum atomic E-state index is -3.58. The second-order valence-corrected chi connectivity index (χ2v) is 8.35. The Hall–Kier alpha value is -1.36. The zero-order chi connectivity index (χ0) is 14.0. The van der Waals surface area contributed by atoms with Crippen LogP contribution in [0.3, 0.4) is 0 Å². The van der Waals surface area contributed by atoms with E-state index in [1.807, 2.05) is 6.07 Å². The summed E-state index contributed by atoms with van der Waals surface area (Å²) in [7, 11) is -2.11. The Morgan fingerprint density at radius 3 is 2.63 bits per heavy atom. The first-order chi connectivity index (χ1) is 8.95. The van der Waals surface area contributed by atoms with Gasteiger partial charge in [-0.05, 0) is 46.3 Å². The van der Waals surface area contributed by atoms with Crippen LogP contribution in [0, 0.1) is 11.3 Å². The highest BCUT2D eigenvalue weighted by Crippen LogP contribution is 2.30. The topological polar surface area (TPSA) is 61.2 Å². The predicted octanol–water partition coefficient (Wildman–Crippen LogP) is 3.21. The van der Waals surface area contributed by atoms with Gasteiger partial charge in [-0.2, -0.15) is 5.26 Å². The maximum atomic E-state index is 12.4. The lowest BCUT2D eigenvalue weighted by molar-refractivity contribution is 0.596. The van der Waals surface area contributed by atoms with Gasteiger partial charge >= 0.3 is 0 Å². The van der Waals surface area contributed by atoms with Crippen molar-refractivity contribution in [2.24, 2.45) is 0 Å². The largest absolute Gasteiger partial charge is 0.273 e. The van der Waals surface area contributed by atoms with Crippen LogP contribution in [0.15, 0.2) is 44.4 Å². The molecule has 0 aliphatic heterocycles. The number of hydrogen-bond acceptors (Lipinski definition) is 4. The summed E-state index contributed by atoms with van der Waals surface area (Å²) in [5, 5.41) is 8.84. The number of sulfonamides is 1. The van der Waals surface area contributed by atoms with E-state index in [0.717, 1.165) is 15.1 Å². The van der Waals surface area contributed by atoms with Crippen LogP contribution < -0.4 is 4.31 Å². The fourth-order valence-electron chi connectivity index (χ4n) is 1.48. The predicted molar refractivity (Wildman–Crippen MR) is 78.8 cm³/mol. The Kier molecular flexibility index (Phi) is 3.94. The zero-order valence-electron chi connectivity index (χ0n) is 9.87. The molecule has 4 nitrogen and oxygen atoms in total. The molecular weight excluding hydrogens is 348 g/mol. The smallest absolute Gasteiger partial charge is 0.269 e. The van der Waals surface area contributed by atoms with E-state index >= 15 is 0 Å². The minimum Gasteiger partial charge on any atom is -0.269 e. The highest BCUT2D eigenvalue weighted by Gasteiger charge is 2.23. The molecular formula is C12H9BrN2O2S2. The Morgan fingerprint density at radius 1 is 1.32 bits per heavy atom. The van der Waals surface area contributed by atoms with E-state index in [9.17, 15) is 8.42 Å². The SMILES string of the molecule is CN(c1cccc(C#N)c1)S(=O)(=O)c1ccc(Br)s1. The van der Waals surface area contributed by atoms with Gasteiger partial charge < -0.3 is 0 Å². The molecule has 0 radical (unpaired) electrons. The maximum Gasteiger partial charge on any atom is 0.273 e. The van der Waals surface area contributed by atoms with E-state index in [-0.39, 0.29) is 4.21 Å². The van der Waals surface area contributed by atoms with Crippen LogP contribution >= 0.6 is 27.3 Å². The van der Waals surface area contributed by atoms with Crippen molar-refractivity contribution in [3.63, 3.8) is 0 Å². The monoisotopic (exact) mass is 356 g/mol. The number of nitrogens with zero attached hydrogens (tertiary/aromatic N) is 2. The summed E-state index contributed by atoms with van der Waals surface area (Å²) < 4.78 is 26.9. The van der Waals surface area contributed by atoms with Gasteiger partial charge in [0, 0.05) is 7.05 Å². The van der Waals surface area contributed by atoms with Crippen molar-refractivity contribution in [2.75, 3.05) is 11.4 Å². The van der Waals surface area contributed by atoms with E-state index in [4.69, 9.17) is 5.26 Å². The first kappa shape index (κ1) is 14.1. The minimum absolute atomic E-state index is 0.254. The second kappa shape index (κ2) is 5.33. The standard InChI is InChI=1S/C12H9BrN2O2S2/c1-15(10-4-2-3-9(7-10)8-14)19(16,17)12-6-5-11(13)18-12/h2-7H,1H3. The first-order valence-corrected chi connectivity index (χ1v) is 8.24. The molecule has 0 unspecified atom stereocenters. The molecule has 0 saturated heterocycles. The van der Waals surface area contributed by atoms with Crippen molar-refractivity contribution in [3.05, 3.63) is 45.7 Å². The summed E-state index contributed by atoms with van der Waals surface area (Å²) in [6, 6.07) is 11.7. The van der Waals surface area contributed by atoms with Gasteiger partial charge in [0.25, 0.3) is 10.0 Å². The van der Waals surface area contributed by atoms with E-state index < -0.39 is 10.0 Å². The lowest BCUT2D eigenvalue weighted by Crippen LogP contribution is -2.25. The second-order valence-electron chi connectivity index (χ2n) is 3.69.